The average molecular weight is 1160 g/mol. The molecule has 5 N–H and O–H groups in total. The molecule has 428 valence electrons. The molecule has 10 heterocycles. The first-order valence-electron chi connectivity index (χ1n) is 25.5. The third-order valence-corrected chi connectivity index (χ3v) is 12.8. The SMILES string of the molecule is Cc1cn2cc(NC(=O)c3cnc(Cl)cn3)cc(F)c2n1.Cc1cn2cc(NC(=O)c3cnc(O[C@@H]4CCC[C@@H]4F)cn3)cc(F)c2n1.Cc1cn2cc(NC(=O)c3cnc(O[C@@H]4CNC[C@@H]4F)cn3)cc(F)c2n1.O[C@@H]1CCC[C@@H]1F. The van der Waals surface area contributed by atoms with Crippen molar-refractivity contribution in [1.82, 2.24) is 63.4 Å². The van der Waals surface area contributed by atoms with Crippen LogP contribution in [0.2, 0.25) is 5.15 Å². The number of hydrogen-bond acceptors (Lipinski definition) is 16. The number of hydrogen-bond donors (Lipinski definition) is 5. The van der Waals surface area contributed by atoms with Crippen molar-refractivity contribution < 1.29 is 55.3 Å². The van der Waals surface area contributed by atoms with Crippen LogP contribution in [0.4, 0.5) is 43.4 Å². The van der Waals surface area contributed by atoms with Gasteiger partial charge in [0, 0.05) is 68.5 Å². The predicted octanol–water partition coefficient (Wildman–Crippen LogP) is 7.95. The van der Waals surface area contributed by atoms with Gasteiger partial charge in [-0.05, 0) is 59.3 Å². The summed E-state index contributed by atoms with van der Waals surface area (Å²) in [6, 6.07) is 3.56. The molecule has 1 saturated heterocycles. The molecule has 3 amide bonds. The minimum absolute atomic E-state index is 0.0195. The first-order chi connectivity index (χ1) is 39.3. The van der Waals surface area contributed by atoms with Crippen LogP contribution in [0, 0.1) is 38.2 Å². The maximum atomic E-state index is 14.1. The van der Waals surface area contributed by atoms with Gasteiger partial charge in [0.15, 0.2) is 40.6 Å². The number of nitrogens with one attached hydrogen (secondary N) is 4. The summed E-state index contributed by atoms with van der Waals surface area (Å²) >= 11 is 5.60. The number of rotatable bonds is 10. The second-order valence-corrected chi connectivity index (χ2v) is 19.5. The second kappa shape index (κ2) is 25.7. The third kappa shape index (κ3) is 14.5. The number of carbonyl (C=O) groups excluding carboxylic acids is 3. The Kier molecular flexibility index (Phi) is 18.1. The molecule has 3 fully saturated rings. The summed E-state index contributed by atoms with van der Waals surface area (Å²) in [6.45, 7) is 5.87. The van der Waals surface area contributed by atoms with E-state index in [-0.39, 0.29) is 68.9 Å². The van der Waals surface area contributed by atoms with E-state index in [4.69, 9.17) is 26.2 Å². The van der Waals surface area contributed by atoms with Gasteiger partial charge in [-0.1, -0.05) is 11.6 Å². The minimum Gasteiger partial charge on any atom is -0.470 e. The van der Waals surface area contributed by atoms with Crippen LogP contribution in [-0.2, 0) is 0 Å². The summed E-state index contributed by atoms with van der Waals surface area (Å²) in [6.07, 6.45) is 16.2. The van der Waals surface area contributed by atoms with Gasteiger partial charge in [0.1, 0.15) is 46.8 Å². The van der Waals surface area contributed by atoms with Gasteiger partial charge >= 0.3 is 0 Å². The van der Waals surface area contributed by atoms with E-state index in [9.17, 15) is 40.7 Å². The number of aliphatic hydroxyl groups excluding tert-OH is 1. The summed E-state index contributed by atoms with van der Waals surface area (Å²) in [5, 5.41) is 19.4. The van der Waals surface area contributed by atoms with E-state index in [0.717, 1.165) is 12.8 Å². The van der Waals surface area contributed by atoms with E-state index in [1.165, 1.54) is 68.6 Å². The van der Waals surface area contributed by atoms with Crippen LogP contribution in [0.1, 0.15) is 87.1 Å². The lowest BCUT2D eigenvalue weighted by Gasteiger charge is -2.14. The number of carbonyl (C=O) groups is 3. The highest BCUT2D eigenvalue weighted by atomic mass is 35.5. The van der Waals surface area contributed by atoms with Crippen LogP contribution in [0.15, 0.2) is 92.6 Å². The van der Waals surface area contributed by atoms with Gasteiger partial charge < -0.3 is 49.0 Å². The molecule has 0 spiro atoms. The van der Waals surface area contributed by atoms with Gasteiger partial charge in [-0.25, -0.2) is 71.2 Å². The summed E-state index contributed by atoms with van der Waals surface area (Å²) < 4.78 is 96.6. The van der Waals surface area contributed by atoms with Crippen LogP contribution >= 0.6 is 11.6 Å². The van der Waals surface area contributed by atoms with Crippen molar-refractivity contribution in [3.05, 3.63) is 149 Å². The molecule has 82 heavy (non-hydrogen) atoms. The topological polar surface area (TPSA) is 267 Å². The Morgan fingerprint density at radius 2 is 0.951 bits per heavy atom. The lowest BCUT2D eigenvalue weighted by atomic mass is 10.3. The molecule has 9 aromatic rings. The first-order valence-corrected chi connectivity index (χ1v) is 25.8. The quantitative estimate of drug-likeness (QED) is 0.0813. The number of aryl methyl sites for hydroxylation is 3. The molecule has 0 unspecified atom stereocenters. The Labute approximate surface area is 466 Å². The average Bonchev–Trinajstić information content (AvgIpc) is 4.41. The number of fused-ring (bicyclic) bond motifs is 3. The van der Waals surface area contributed by atoms with E-state index in [2.05, 4.69) is 66.1 Å². The van der Waals surface area contributed by atoms with Crippen LogP contribution < -0.4 is 30.7 Å². The van der Waals surface area contributed by atoms with Crippen molar-refractivity contribution in [2.75, 3.05) is 29.0 Å². The molecule has 12 rings (SSSR count). The summed E-state index contributed by atoms with van der Waals surface area (Å²) in [5.74, 6) is -2.94. The lowest BCUT2D eigenvalue weighted by Crippen LogP contribution is -2.27. The van der Waals surface area contributed by atoms with Gasteiger partial charge in [0.2, 0.25) is 11.8 Å². The van der Waals surface area contributed by atoms with Gasteiger partial charge in [-0.2, -0.15) is 0 Å². The van der Waals surface area contributed by atoms with Crippen LogP contribution in [-0.4, -0.2) is 131 Å². The first kappa shape index (κ1) is 57.8. The zero-order chi connectivity index (χ0) is 58.2. The molecular formula is C53H51ClF6N16O6. The van der Waals surface area contributed by atoms with Crippen LogP contribution in [0.5, 0.6) is 11.8 Å². The van der Waals surface area contributed by atoms with Crippen molar-refractivity contribution in [2.24, 2.45) is 0 Å². The molecule has 22 nitrogen and oxygen atoms in total. The monoisotopic (exact) mass is 1160 g/mol. The van der Waals surface area contributed by atoms with E-state index in [0.29, 0.717) is 55.0 Å². The van der Waals surface area contributed by atoms with E-state index in [1.54, 1.807) is 58.0 Å². The number of ether oxygens (including phenoxy) is 2. The molecule has 1 aliphatic heterocycles. The van der Waals surface area contributed by atoms with Gasteiger partial charge in [-0.15, -0.1) is 0 Å². The fourth-order valence-corrected chi connectivity index (χ4v) is 8.80. The Balaban J connectivity index is 0.000000141. The summed E-state index contributed by atoms with van der Waals surface area (Å²) in [7, 11) is 0. The van der Waals surface area contributed by atoms with Gasteiger partial charge in [0.05, 0.1) is 77.4 Å². The van der Waals surface area contributed by atoms with Crippen molar-refractivity contribution >= 4 is 63.3 Å². The smallest absolute Gasteiger partial charge is 0.275 e. The number of halogens is 7. The van der Waals surface area contributed by atoms with Gasteiger partial charge in [-0.3, -0.25) is 14.4 Å². The van der Waals surface area contributed by atoms with Crippen molar-refractivity contribution in [3.8, 4) is 11.8 Å². The fourth-order valence-electron chi connectivity index (χ4n) is 8.70. The maximum Gasteiger partial charge on any atom is 0.275 e. The second-order valence-electron chi connectivity index (χ2n) is 19.1. The molecule has 2 aliphatic carbocycles. The van der Waals surface area contributed by atoms with E-state index < -0.39 is 72.0 Å². The van der Waals surface area contributed by atoms with Crippen molar-refractivity contribution in [2.45, 2.75) is 96.1 Å². The zero-order valence-corrected chi connectivity index (χ0v) is 44.5. The molecule has 6 atom stereocenters. The number of aromatic nitrogens is 12. The normalized spacial score (nSPS) is 19.1. The number of amides is 3. The zero-order valence-electron chi connectivity index (χ0n) is 43.8. The highest BCUT2D eigenvalue weighted by Gasteiger charge is 2.30. The van der Waals surface area contributed by atoms with E-state index in [1.807, 2.05) is 0 Å². The van der Waals surface area contributed by atoms with Gasteiger partial charge in [0.25, 0.3) is 17.7 Å². The Bertz CT molecular complexity index is 3560. The lowest BCUT2D eigenvalue weighted by molar-refractivity contribution is 0.101. The number of anilines is 3. The number of aliphatic hydroxyl groups is 1. The molecular weight excluding hydrogens is 1110 g/mol. The Morgan fingerprint density at radius 1 is 0.537 bits per heavy atom. The largest absolute Gasteiger partial charge is 0.470 e. The molecule has 29 heteroatoms. The van der Waals surface area contributed by atoms with Crippen molar-refractivity contribution in [3.63, 3.8) is 0 Å². The molecule has 0 radical (unpaired) electrons. The minimum atomic E-state index is -1.12. The number of imidazole rings is 3. The fraction of sp³-hybridized carbons (Fsp3) is 0.321. The highest BCUT2D eigenvalue weighted by molar-refractivity contribution is 6.29. The third-order valence-electron chi connectivity index (χ3n) is 12.6. The Hall–Kier alpha value is -8.89. The maximum absolute atomic E-state index is 14.1. The summed E-state index contributed by atoms with van der Waals surface area (Å²) in [5.41, 5.74) is 3.52. The molecule has 0 aromatic carbocycles. The van der Waals surface area contributed by atoms with Crippen molar-refractivity contribution in [1.29, 1.82) is 0 Å². The molecule has 2 saturated carbocycles. The number of pyridine rings is 3. The molecule has 3 aliphatic rings. The predicted molar refractivity (Wildman–Crippen MR) is 285 cm³/mol. The van der Waals surface area contributed by atoms with E-state index >= 15 is 0 Å². The molecule has 0 bridgehead atoms. The summed E-state index contributed by atoms with van der Waals surface area (Å²) in [4.78, 5) is 72.3. The Morgan fingerprint density at radius 3 is 1.28 bits per heavy atom. The highest BCUT2D eigenvalue weighted by Crippen LogP contribution is 2.27. The number of alkyl halides is 3. The molecule has 9 aromatic heterocycles. The standard InChI is InChI=1S/C18H17F2N5O2.C17H16F2N6O2.C13H9ClFN5O.C5H9FO/c1-10-8-25-9-11(5-13(20)17(25)23-10)24-18(26)14-6-22-16(7-21-14)27-15-4-2-3-12(15)19;1-9-7-25-8-10(2-11(18)16(25)23-9)24-17(26)13-4-22-15(6-21-13)27-14-5-20-3-12(14)19;1-7-5-20-6-8(2-9(15)12(20)18-7)19-13(21)10-3-17-11(14)4-16-10;6-4-2-1-3-5(4)7/h5-9,12,15H,2-4H2,1H3,(H,24,26);2,4,6-8,12,14,20H,3,5H2,1H3,(H,24,26);2-6H,1H3,(H,19,21);4-5,7H,1-3H2/t12-,15+;12-,14+;;4-,5+/m00.0/s1. The van der Waals surface area contributed by atoms with Crippen LogP contribution in [0.25, 0.3) is 16.9 Å². The number of nitrogens with zero attached hydrogens (tertiary/aromatic N) is 12. The van der Waals surface area contributed by atoms with Crippen LogP contribution in [0.3, 0.4) is 0 Å².